The molecule has 0 aromatic heterocycles. The van der Waals surface area contributed by atoms with Gasteiger partial charge in [-0.2, -0.15) is 0 Å². The second-order valence-corrected chi connectivity index (χ2v) is 9.20. The van der Waals surface area contributed by atoms with Crippen LogP contribution in [0.15, 0.2) is 30.0 Å². The number of primary amides is 1. The number of anilines is 1. The van der Waals surface area contributed by atoms with Crippen LogP contribution in [0.3, 0.4) is 0 Å². The van der Waals surface area contributed by atoms with Gasteiger partial charge < -0.3 is 15.4 Å². The number of piperidine rings is 1. The number of carbonyl (C=O) groups excluding carboxylic acids is 1. The van der Waals surface area contributed by atoms with Crippen molar-refractivity contribution in [1.29, 1.82) is 0 Å². The van der Waals surface area contributed by atoms with Crippen LogP contribution in [0.1, 0.15) is 52.5 Å². The largest absolute Gasteiger partial charge is 0.378 e. The van der Waals surface area contributed by atoms with Crippen LogP contribution in [-0.2, 0) is 9.53 Å². The van der Waals surface area contributed by atoms with Gasteiger partial charge in [-0.3, -0.25) is 4.79 Å². The highest BCUT2D eigenvalue weighted by Crippen LogP contribution is 2.47. The van der Waals surface area contributed by atoms with E-state index in [1.807, 2.05) is 52.0 Å². The third-order valence-corrected chi connectivity index (χ3v) is 6.50. The predicted molar refractivity (Wildman–Crippen MR) is 111 cm³/mol. The molecule has 0 radical (unpaired) electrons. The number of benzene rings is 1. The van der Waals surface area contributed by atoms with Gasteiger partial charge in [0.2, 0.25) is 5.70 Å². The number of ether oxygens (including phenoxy) is 1. The van der Waals surface area contributed by atoms with E-state index in [0.717, 1.165) is 56.8 Å². The van der Waals surface area contributed by atoms with E-state index >= 15 is 0 Å². The maximum Gasteiger partial charge on any atom is 0.305 e. The molecule has 6 heteroatoms. The van der Waals surface area contributed by atoms with Crippen molar-refractivity contribution in [3.63, 3.8) is 0 Å². The molecule has 0 atom stereocenters. The zero-order valence-corrected chi connectivity index (χ0v) is 17.6. The van der Waals surface area contributed by atoms with Crippen molar-refractivity contribution in [1.82, 2.24) is 0 Å². The summed E-state index contributed by atoms with van der Waals surface area (Å²) in [5.74, 6) is -0.581. The van der Waals surface area contributed by atoms with Gasteiger partial charge in [0, 0.05) is 37.7 Å². The summed E-state index contributed by atoms with van der Waals surface area (Å²) in [6, 6.07) is 8.04. The van der Waals surface area contributed by atoms with E-state index in [4.69, 9.17) is 10.5 Å². The summed E-state index contributed by atoms with van der Waals surface area (Å²) in [5.41, 5.74) is 7.01. The van der Waals surface area contributed by atoms with Gasteiger partial charge in [-0.1, -0.05) is 12.1 Å². The van der Waals surface area contributed by atoms with Gasteiger partial charge in [-0.25, -0.2) is 5.21 Å². The number of likely N-dealkylation sites (tertiary alicyclic amines) is 1. The van der Waals surface area contributed by atoms with Crippen molar-refractivity contribution in [2.45, 2.75) is 58.0 Å². The third kappa shape index (κ3) is 3.56. The Morgan fingerprint density at radius 3 is 2.14 bits per heavy atom. The molecule has 3 N–H and O–H groups in total. The maximum atomic E-state index is 12.5. The van der Waals surface area contributed by atoms with Crippen LogP contribution >= 0.6 is 0 Å². The standard InChI is InChI=1S/C22H33N3O3/c1-21(2)10-5-11-22(3,4)25(21,27)19(20(23)26)16-17-6-8-18(9-7-17)24-12-14-28-15-13-24/h6-9,16,27H,5,10-15H2,1-4H3,(H-,23,26)/p+1/b19-16+. The summed E-state index contributed by atoms with van der Waals surface area (Å²) in [7, 11) is 0. The molecule has 2 saturated heterocycles. The van der Waals surface area contributed by atoms with Gasteiger partial charge in [0.05, 0.1) is 13.2 Å². The van der Waals surface area contributed by atoms with Gasteiger partial charge in [-0.15, -0.1) is 4.65 Å². The molecule has 1 amide bonds. The van der Waals surface area contributed by atoms with E-state index in [9.17, 15) is 10.0 Å². The van der Waals surface area contributed by atoms with E-state index in [2.05, 4.69) is 4.90 Å². The Kier molecular flexibility index (Phi) is 5.58. The first-order chi connectivity index (χ1) is 13.1. The number of rotatable bonds is 4. The Balaban J connectivity index is 1.97. The molecule has 154 valence electrons. The Labute approximate surface area is 168 Å². The fraction of sp³-hybridized carbons (Fsp3) is 0.591. The second kappa shape index (κ2) is 7.50. The van der Waals surface area contributed by atoms with Gasteiger partial charge in [0.15, 0.2) is 0 Å². The predicted octanol–water partition coefficient (Wildman–Crippen LogP) is 3.30. The van der Waals surface area contributed by atoms with Crippen LogP contribution in [0, 0.1) is 0 Å². The van der Waals surface area contributed by atoms with Crippen molar-refractivity contribution in [2.75, 3.05) is 31.2 Å². The molecule has 0 spiro atoms. The van der Waals surface area contributed by atoms with Crippen molar-refractivity contribution < 1.29 is 19.4 Å². The molecular weight excluding hydrogens is 354 g/mol. The summed E-state index contributed by atoms with van der Waals surface area (Å²) >= 11 is 0. The zero-order valence-electron chi connectivity index (χ0n) is 17.6. The summed E-state index contributed by atoms with van der Waals surface area (Å²) in [6.07, 6.45) is 4.42. The first-order valence-corrected chi connectivity index (χ1v) is 10.2. The molecule has 0 aliphatic carbocycles. The van der Waals surface area contributed by atoms with Gasteiger partial charge >= 0.3 is 5.91 Å². The molecule has 0 saturated carbocycles. The number of hydroxylamine groups is 3. The monoisotopic (exact) mass is 388 g/mol. The summed E-state index contributed by atoms with van der Waals surface area (Å²) in [4.78, 5) is 14.7. The van der Waals surface area contributed by atoms with Crippen LogP contribution in [0.5, 0.6) is 0 Å². The smallest absolute Gasteiger partial charge is 0.305 e. The SMILES string of the molecule is CC1(C)CCCC(C)(C)[N+]1(O)/C(=C/c1ccc(N2CCOCC2)cc1)C(N)=O. The molecule has 1 aromatic rings. The van der Waals surface area contributed by atoms with Crippen molar-refractivity contribution >= 4 is 17.7 Å². The van der Waals surface area contributed by atoms with Crippen molar-refractivity contribution in [2.24, 2.45) is 5.73 Å². The van der Waals surface area contributed by atoms with Crippen LogP contribution in [-0.4, -0.2) is 53.1 Å². The van der Waals surface area contributed by atoms with Gasteiger partial charge in [-0.05, 0) is 51.8 Å². The summed E-state index contributed by atoms with van der Waals surface area (Å²) in [6.45, 7) is 11.3. The fourth-order valence-electron chi connectivity index (χ4n) is 4.83. The quantitative estimate of drug-likeness (QED) is 0.613. The molecule has 1 aromatic carbocycles. The van der Waals surface area contributed by atoms with E-state index in [0.29, 0.717) is 0 Å². The lowest BCUT2D eigenvalue weighted by Crippen LogP contribution is -2.71. The minimum Gasteiger partial charge on any atom is -0.378 e. The highest BCUT2D eigenvalue weighted by molar-refractivity contribution is 5.94. The van der Waals surface area contributed by atoms with Crippen LogP contribution in [0.2, 0.25) is 0 Å². The van der Waals surface area contributed by atoms with E-state index < -0.39 is 21.6 Å². The average molecular weight is 389 g/mol. The Hall–Kier alpha value is -1.89. The Morgan fingerprint density at radius 2 is 1.64 bits per heavy atom. The minimum atomic E-state index is -0.581. The Morgan fingerprint density at radius 1 is 1.11 bits per heavy atom. The lowest BCUT2D eigenvalue weighted by atomic mass is 9.78. The first kappa shape index (κ1) is 20.8. The van der Waals surface area contributed by atoms with Crippen LogP contribution < -0.4 is 10.6 Å². The number of carbonyl (C=O) groups is 1. The van der Waals surface area contributed by atoms with Crippen LogP contribution in [0.25, 0.3) is 6.08 Å². The summed E-state index contributed by atoms with van der Waals surface area (Å²) in [5, 5.41) is 11.8. The lowest BCUT2D eigenvalue weighted by Gasteiger charge is -2.55. The molecule has 2 fully saturated rings. The zero-order chi connectivity index (χ0) is 20.6. The van der Waals surface area contributed by atoms with E-state index in [-0.39, 0.29) is 5.70 Å². The topological polar surface area (TPSA) is 75.8 Å². The Bertz CT molecular complexity index is 731. The van der Waals surface area contributed by atoms with E-state index in [1.54, 1.807) is 6.08 Å². The number of hydrogen-bond donors (Lipinski definition) is 2. The highest BCUT2D eigenvalue weighted by Gasteiger charge is 2.61. The minimum absolute atomic E-state index is 0.244. The normalized spacial score (nSPS) is 24.0. The molecule has 2 aliphatic heterocycles. The summed E-state index contributed by atoms with van der Waals surface area (Å²) < 4.78 is 4.96. The van der Waals surface area contributed by atoms with Crippen LogP contribution in [0.4, 0.5) is 5.69 Å². The van der Waals surface area contributed by atoms with Crippen molar-refractivity contribution in [3.8, 4) is 0 Å². The number of hydrogen-bond acceptors (Lipinski definition) is 4. The third-order valence-electron chi connectivity index (χ3n) is 6.50. The molecule has 28 heavy (non-hydrogen) atoms. The second-order valence-electron chi connectivity index (χ2n) is 9.20. The average Bonchev–Trinajstić information content (AvgIpc) is 2.65. The molecule has 6 nitrogen and oxygen atoms in total. The molecule has 2 aliphatic rings. The lowest BCUT2D eigenvalue weighted by molar-refractivity contribution is -1.14. The fourth-order valence-corrected chi connectivity index (χ4v) is 4.83. The van der Waals surface area contributed by atoms with Gasteiger partial charge in [0.1, 0.15) is 11.1 Å². The number of nitrogens with zero attached hydrogens (tertiary/aromatic N) is 2. The highest BCUT2D eigenvalue weighted by atomic mass is 16.6. The molecule has 0 unspecified atom stereocenters. The number of nitrogens with two attached hydrogens (primary N) is 1. The molecular formula is C22H34N3O3+. The molecule has 3 rings (SSSR count). The van der Waals surface area contributed by atoms with E-state index in [1.165, 1.54) is 0 Å². The number of morpholine rings is 1. The number of amides is 1. The molecule has 0 bridgehead atoms. The maximum absolute atomic E-state index is 12.5. The molecule has 2 heterocycles. The first-order valence-electron chi connectivity index (χ1n) is 10.2. The van der Waals surface area contributed by atoms with Crippen molar-refractivity contribution in [3.05, 3.63) is 35.5 Å². The van der Waals surface area contributed by atoms with Gasteiger partial charge in [0.25, 0.3) is 0 Å². The number of quaternary nitrogens is 1.